The lowest BCUT2D eigenvalue weighted by Gasteiger charge is -2.06. The van der Waals surface area contributed by atoms with Crippen LogP contribution in [0.5, 0.6) is 0 Å². The second kappa shape index (κ2) is 4.63. The minimum Gasteiger partial charge on any atom is -0.331 e. The summed E-state index contributed by atoms with van der Waals surface area (Å²) in [4.78, 5) is 3.15. The average Bonchev–Trinajstić information content (AvgIpc) is 2.69. The molecule has 0 atom stereocenters. The minimum atomic E-state index is -0.202. The molecule has 0 aliphatic carbocycles. The van der Waals surface area contributed by atoms with E-state index in [1.165, 1.54) is 6.07 Å². The van der Waals surface area contributed by atoms with Crippen molar-refractivity contribution in [3.63, 3.8) is 0 Å². The molecule has 0 bridgehead atoms. The first kappa shape index (κ1) is 12.1. The Balaban J connectivity index is 2.15. The fraction of sp³-hybridized carbons (Fsp3) is 0.133. The van der Waals surface area contributed by atoms with Crippen molar-refractivity contribution in [1.82, 2.24) is 9.55 Å². The lowest BCUT2D eigenvalue weighted by atomic mass is 10.2. The topological polar surface area (TPSA) is 20.7 Å². The summed E-state index contributed by atoms with van der Waals surface area (Å²) in [7, 11) is 0. The zero-order valence-electron chi connectivity index (χ0n) is 10.5. The van der Waals surface area contributed by atoms with Crippen molar-refractivity contribution in [1.29, 1.82) is 0 Å². The van der Waals surface area contributed by atoms with Crippen LogP contribution in [0.15, 0.2) is 42.5 Å². The second-order valence-corrected chi connectivity index (χ2v) is 5.02. The molecule has 0 fully saturated rings. The summed E-state index contributed by atoms with van der Waals surface area (Å²) < 4.78 is 16.3. The van der Waals surface area contributed by atoms with Crippen LogP contribution < -0.4 is 0 Å². The van der Waals surface area contributed by atoms with Gasteiger partial charge < -0.3 is 9.55 Å². The van der Waals surface area contributed by atoms with Crippen LogP contribution in [0.1, 0.15) is 11.1 Å². The third-order valence-electron chi connectivity index (χ3n) is 3.22. The number of fused-ring (bicyclic) bond motifs is 1. The van der Waals surface area contributed by atoms with Gasteiger partial charge in [0.1, 0.15) is 5.82 Å². The van der Waals surface area contributed by atoms with Gasteiger partial charge >= 0.3 is 0 Å². The molecule has 0 saturated heterocycles. The third-order valence-corrected chi connectivity index (χ3v) is 3.54. The molecule has 2 nitrogen and oxygen atoms in total. The van der Waals surface area contributed by atoms with Crippen LogP contribution in [-0.4, -0.2) is 9.55 Å². The molecule has 0 aliphatic rings. The van der Waals surface area contributed by atoms with Gasteiger partial charge in [-0.05, 0) is 42.9 Å². The van der Waals surface area contributed by atoms with E-state index in [1.807, 2.05) is 29.7 Å². The average molecular weight is 272 g/mol. The fourth-order valence-corrected chi connectivity index (χ4v) is 2.49. The summed E-state index contributed by atoms with van der Waals surface area (Å²) >= 11 is 5.32. The first-order chi connectivity index (χ1) is 9.15. The normalized spacial score (nSPS) is 11.1. The van der Waals surface area contributed by atoms with Gasteiger partial charge in [-0.25, -0.2) is 4.39 Å². The van der Waals surface area contributed by atoms with Gasteiger partial charge in [0.15, 0.2) is 4.77 Å². The maximum Gasteiger partial charge on any atom is 0.178 e. The Morgan fingerprint density at radius 3 is 2.79 bits per heavy atom. The van der Waals surface area contributed by atoms with Crippen LogP contribution in [0.25, 0.3) is 11.0 Å². The molecule has 0 amide bonds. The molecule has 1 aromatic heterocycles. The molecule has 0 unspecified atom stereocenters. The second-order valence-electron chi connectivity index (χ2n) is 4.63. The highest BCUT2D eigenvalue weighted by Crippen LogP contribution is 2.18. The Labute approximate surface area is 115 Å². The van der Waals surface area contributed by atoms with E-state index < -0.39 is 0 Å². The molecule has 96 valence electrons. The smallest absolute Gasteiger partial charge is 0.178 e. The Hall–Kier alpha value is -1.94. The summed E-state index contributed by atoms with van der Waals surface area (Å²) in [6.07, 6.45) is 0. The number of halogens is 1. The molecular formula is C15H13FN2S. The zero-order valence-corrected chi connectivity index (χ0v) is 11.3. The van der Waals surface area contributed by atoms with Gasteiger partial charge in [-0.15, -0.1) is 0 Å². The van der Waals surface area contributed by atoms with Gasteiger partial charge in [0.05, 0.1) is 17.6 Å². The quantitative estimate of drug-likeness (QED) is 0.694. The van der Waals surface area contributed by atoms with Gasteiger partial charge in [0.2, 0.25) is 0 Å². The molecule has 1 heterocycles. The van der Waals surface area contributed by atoms with Gasteiger partial charge in [0, 0.05) is 5.56 Å². The molecule has 4 heteroatoms. The van der Waals surface area contributed by atoms with Crippen LogP contribution in [-0.2, 0) is 6.54 Å². The number of aryl methyl sites for hydroxylation is 1. The van der Waals surface area contributed by atoms with E-state index >= 15 is 0 Å². The monoisotopic (exact) mass is 272 g/mol. The molecular weight excluding hydrogens is 259 g/mol. The fourth-order valence-electron chi connectivity index (χ4n) is 2.22. The minimum absolute atomic E-state index is 0.202. The third kappa shape index (κ3) is 2.19. The largest absolute Gasteiger partial charge is 0.331 e. The van der Waals surface area contributed by atoms with E-state index in [9.17, 15) is 4.39 Å². The van der Waals surface area contributed by atoms with Crippen LogP contribution >= 0.6 is 12.2 Å². The van der Waals surface area contributed by atoms with Crippen molar-refractivity contribution < 1.29 is 4.39 Å². The zero-order chi connectivity index (χ0) is 13.4. The predicted molar refractivity (Wildman–Crippen MR) is 77.4 cm³/mol. The van der Waals surface area contributed by atoms with Crippen molar-refractivity contribution in [3.8, 4) is 0 Å². The van der Waals surface area contributed by atoms with E-state index in [-0.39, 0.29) is 5.82 Å². The molecule has 19 heavy (non-hydrogen) atoms. The van der Waals surface area contributed by atoms with Crippen molar-refractivity contribution >= 4 is 23.3 Å². The van der Waals surface area contributed by atoms with E-state index in [2.05, 4.69) is 11.1 Å². The Morgan fingerprint density at radius 2 is 2.00 bits per heavy atom. The Kier molecular flexibility index (Phi) is 2.95. The van der Waals surface area contributed by atoms with Gasteiger partial charge in [-0.1, -0.05) is 24.3 Å². The Bertz CT molecular complexity index is 801. The molecule has 3 rings (SSSR count). The van der Waals surface area contributed by atoms with Crippen LogP contribution in [0.3, 0.4) is 0 Å². The lowest BCUT2D eigenvalue weighted by molar-refractivity contribution is 0.600. The van der Waals surface area contributed by atoms with Gasteiger partial charge in [-0.2, -0.15) is 0 Å². The molecule has 1 N–H and O–H groups in total. The number of benzene rings is 2. The van der Waals surface area contributed by atoms with Crippen LogP contribution in [0.4, 0.5) is 4.39 Å². The number of hydrogen-bond donors (Lipinski definition) is 1. The number of imidazole rings is 1. The highest BCUT2D eigenvalue weighted by Gasteiger charge is 2.07. The van der Waals surface area contributed by atoms with Crippen molar-refractivity contribution in [2.24, 2.45) is 0 Å². The highest BCUT2D eigenvalue weighted by atomic mass is 32.1. The first-order valence-corrected chi connectivity index (χ1v) is 6.48. The summed E-state index contributed by atoms with van der Waals surface area (Å²) in [6, 6.07) is 12.9. The molecule has 0 aliphatic heterocycles. The van der Waals surface area contributed by atoms with E-state index in [1.54, 1.807) is 12.1 Å². The Morgan fingerprint density at radius 1 is 1.21 bits per heavy atom. The number of aromatic nitrogens is 2. The molecule has 0 saturated carbocycles. The summed E-state index contributed by atoms with van der Waals surface area (Å²) in [5.41, 5.74) is 3.78. The summed E-state index contributed by atoms with van der Waals surface area (Å²) in [5.74, 6) is -0.202. The maximum absolute atomic E-state index is 13.7. The number of aromatic amines is 1. The number of nitrogens with zero attached hydrogens (tertiary/aromatic N) is 1. The van der Waals surface area contributed by atoms with Crippen molar-refractivity contribution in [3.05, 3.63) is 64.2 Å². The predicted octanol–water partition coefficient (Wildman–Crippen LogP) is 4.19. The number of hydrogen-bond acceptors (Lipinski definition) is 1. The van der Waals surface area contributed by atoms with Crippen molar-refractivity contribution in [2.75, 3.05) is 0 Å². The van der Waals surface area contributed by atoms with Crippen LogP contribution in [0.2, 0.25) is 0 Å². The summed E-state index contributed by atoms with van der Waals surface area (Å²) in [6.45, 7) is 2.47. The molecule has 0 spiro atoms. The summed E-state index contributed by atoms with van der Waals surface area (Å²) in [5, 5.41) is 0. The van der Waals surface area contributed by atoms with E-state index in [0.717, 1.165) is 16.6 Å². The lowest BCUT2D eigenvalue weighted by Crippen LogP contribution is -2.01. The molecule has 0 radical (unpaired) electrons. The number of H-pyrrole nitrogens is 1. The van der Waals surface area contributed by atoms with Crippen LogP contribution in [0, 0.1) is 17.5 Å². The number of nitrogens with one attached hydrogen (secondary N) is 1. The van der Waals surface area contributed by atoms with E-state index in [4.69, 9.17) is 12.2 Å². The van der Waals surface area contributed by atoms with Gasteiger partial charge in [0.25, 0.3) is 0 Å². The van der Waals surface area contributed by atoms with E-state index in [0.29, 0.717) is 16.9 Å². The maximum atomic E-state index is 13.7. The van der Waals surface area contributed by atoms with Crippen molar-refractivity contribution in [2.45, 2.75) is 13.5 Å². The molecule has 2 aromatic carbocycles. The number of rotatable bonds is 2. The first-order valence-electron chi connectivity index (χ1n) is 6.08. The SMILES string of the molecule is Cc1ccc2[nH]c(=S)n(Cc3ccccc3F)c2c1. The highest BCUT2D eigenvalue weighted by molar-refractivity contribution is 7.71. The standard InChI is InChI=1S/C15H13FN2S/c1-10-6-7-13-14(8-10)18(15(19)17-13)9-11-4-2-3-5-12(11)16/h2-8H,9H2,1H3,(H,17,19). The molecule has 3 aromatic rings. The van der Waals surface area contributed by atoms with Gasteiger partial charge in [-0.3, -0.25) is 0 Å².